The first kappa shape index (κ1) is 14.5. The SMILES string of the molecule is O=C(O)c1cncc(NC(=O)c2ccc(Cl)c(Br)c2)c1. The van der Waals surface area contributed by atoms with E-state index in [0.717, 1.165) is 0 Å². The van der Waals surface area contributed by atoms with E-state index < -0.39 is 5.97 Å². The lowest BCUT2D eigenvalue weighted by molar-refractivity contribution is 0.0696. The highest BCUT2D eigenvalue weighted by Crippen LogP contribution is 2.23. The molecule has 1 amide bonds. The van der Waals surface area contributed by atoms with Crippen molar-refractivity contribution in [2.45, 2.75) is 0 Å². The summed E-state index contributed by atoms with van der Waals surface area (Å²) in [4.78, 5) is 26.6. The number of carbonyl (C=O) groups is 2. The average Bonchev–Trinajstić information content (AvgIpc) is 2.42. The maximum atomic E-state index is 12.0. The van der Waals surface area contributed by atoms with Gasteiger partial charge < -0.3 is 10.4 Å². The summed E-state index contributed by atoms with van der Waals surface area (Å²) in [6.45, 7) is 0. The van der Waals surface area contributed by atoms with Gasteiger partial charge in [-0.1, -0.05) is 11.6 Å². The fourth-order valence-corrected chi connectivity index (χ4v) is 1.96. The van der Waals surface area contributed by atoms with Crippen LogP contribution in [0.2, 0.25) is 5.02 Å². The number of amides is 1. The van der Waals surface area contributed by atoms with Crippen molar-refractivity contribution in [3.05, 3.63) is 57.3 Å². The van der Waals surface area contributed by atoms with Crippen molar-refractivity contribution < 1.29 is 14.7 Å². The number of anilines is 1. The molecule has 2 rings (SSSR count). The zero-order valence-corrected chi connectivity index (χ0v) is 12.3. The molecule has 0 aliphatic heterocycles. The molecule has 2 N–H and O–H groups in total. The average molecular weight is 356 g/mol. The molecule has 0 saturated carbocycles. The molecule has 0 unspecified atom stereocenters. The van der Waals surface area contributed by atoms with Gasteiger partial charge in [-0.15, -0.1) is 0 Å². The number of nitrogens with one attached hydrogen (secondary N) is 1. The quantitative estimate of drug-likeness (QED) is 0.884. The summed E-state index contributed by atoms with van der Waals surface area (Å²) in [6, 6.07) is 6.06. The maximum absolute atomic E-state index is 12.0. The number of hydrogen-bond donors (Lipinski definition) is 2. The number of halogens is 2. The molecule has 1 aromatic carbocycles. The molecule has 1 aromatic heterocycles. The van der Waals surface area contributed by atoms with E-state index in [1.54, 1.807) is 18.2 Å². The van der Waals surface area contributed by atoms with Crippen LogP contribution in [0.25, 0.3) is 0 Å². The largest absolute Gasteiger partial charge is 0.478 e. The number of aromatic carboxylic acids is 1. The van der Waals surface area contributed by atoms with Gasteiger partial charge in [0, 0.05) is 16.2 Å². The van der Waals surface area contributed by atoms with E-state index in [4.69, 9.17) is 16.7 Å². The Hall–Kier alpha value is -1.92. The van der Waals surface area contributed by atoms with E-state index in [-0.39, 0.29) is 11.5 Å². The fraction of sp³-hybridized carbons (Fsp3) is 0. The highest BCUT2D eigenvalue weighted by molar-refractivity contribution is 9.10. The molecule has 20 heavy (non-hydrogen) atoms. The Morgan fingerprint density at radius 2 is 1.95 bits per heavy atom. The second-order valence-electron chi connectivity index (χ2n) is 3.85. The number of carboxylic acid groups (broad SMARTS) is 1. The first-order valence-corrected chi connectivity index (χ1v) is 6.59. The first-order chi connectivity index (χ1) is 9.47. The smallest absolute Gasteiger partial charge is 0.337 e. The number of benzene rings is 1. The number of pyridine rings is 1. The lowest BCUT2D eigenvalue weighted by Gasteiger charge is -2.06. The zero-order chi connectivity index (χ0) is 14.7. The lowest BCUT2D eigenvalue weighted by Crippen LogP contribution is -2.12. The Kier molecular flexibility index (Phi) is 4.36. The third kappa shape index (κ3) is 3.34. The molecule has 1 heterocycles. The Balaban J connectivity index is 2.21. The van der Waals surface area contributed by atoms with Crippen molar-refractivity contribution in [2.75, 3.05) is 5.32 Å². The van der Waals surface area contributed by atoms with Crippen LogP contribution in [0.15, 0.2) is 41.1 Å². The molecular weight excluding hydrogens is 348 g/mol. The van der Waals surface area contributed by atoms with Gasteiger partial charge in [0.2, 0.25) is 0 Å². The highest BCUT2D eigenvalue weighted by atomic mass is 79.9. The fourth-order valence-electron chi connectivity index (χ4n) is 1.47. The van der Waals surface area contributed by atoms with Crippen molar-refractivity contribution in [2.24, 2.45) is 0 Å². The molecule has 0 fully saturated rings. The molecule has 5 nitrogen and oxygen atoms in total. The number of nitrogens with zero attached hydrogens (tertiary/aromatic N) is 1. The van der Waals surface area contributed by atoms with Crippen molar-refractivity contribution in [3.63, 3.8) is 0 Å². The van der Waals surface area contributed by atoms with Crippen LogP contribution in [0, 0.1) is 0 Å². The van der Waals surface area contributed by atoms with Crippen LogP contribution in [0.4, 0.5) is 5.69 Å². The van der Waals surface area contributed by atoms with Crippen molar-refractivity contribution in [3.8, 4) is 0 Å². The third-order valence-corrected chi connectivity index (χ3v) is 3.64. The molecule has 102 valence electrons. The van der Waals surface area contributed by atoms with Gasteiger partial charge in [-0.2, -0.15) is 0 Å². The van der Waals surface area contributed by atoms with Crippen LogP contribution >= 0.6 is 27.5 Å². The summed E-state index contributed by atoms with van der Waals surface area (Å²) in [6.07, 6.45) is 2.58. The predicted molar refractivity (Wildman–Crippen MR) is 78.3 cm³/mol. The number of carbonyl (C=O) groups excluding carboxylic acids is 1. The minimum absolute atomic E-state index is 0.0000803. The van der Waals surface area contributed by atoms with E-state index in [2.05, 4.69) is 26.2 Å². The third-order valence-electron chi connectivity index (χ3n) is 2.42. The number of aromatic nitrogens is 1. The van der Waals surface area contributed by atoms with Crippen LogP contribution < -0.4 is 5.32 Å². The number of carboxylic acids is 1. The zero-order valence-electron chi connectivity index (χ0n) is 9.93. The highest BCUT2D eigenvalue weighted by Gasteiger charge is 2.10. The van der Waals surface area contributed by atoms with Gasteiger partial charge in [0.15, 0.2) is 0 Å². The summed E-state index contributed by atoms with van der Waals surface area (Å²) in [5.41, 5.74) is 0.697. The van der Waals surface area contributed by atoms with Crippen LogP contribution in [0.1, 0.15) is 20.7 Å². The summed E-state index contributed by atoms with van der Waals surface area (Å²) < 4.78 is 0.601. The summed E-state index contributed by atoms with van der Waals surface area (Å²) in [5.74, 6) is -1.49. The molecule has 7 heteroatoms. The van der Waals surface area contributed by atoms with Crippen LogP contribution in [0.5, 0.6) is 0 Å². The summed E-state index contributed by atoms with van der Waals surface area (Å²) in [5, 5.41) is 11.9. The summed E-state index contributed by atoms with van der Waals surface area (Å²) >= 11 is 9.08. The maximum Gasteiger partial charge on any atom is 0.337 e. The summed E-state index contributed by atoms with van der Waals surface area (Å²) in [7, 11) is 0. The van der Waals surface area contributed by atoms with Crippen molar-refractivity contribution in [1.82, 2.24) is 4.98 Å². The van der Waals surface area contributed by atoms with E-state index >= 15 is 0 Å². The minimum Gasteiger partial charge on any atom is -0.478 e. The van der Waals surface area contributed by atoms with Crippen molar-refractivity contribution >= 4 is 45.1 Å². The van der Waals surface area contributed by atoms with Crippen LogP contribution in [-0.2, 0) is 0 Å². The first-order valence-electron chi connectivity index (χ1n) is 5.42. The van der Waals surface area contributed by atoms with E-state index in [1.807, 2.05) is 0 Å². The molecule has 0 radical (unpaired) electrons. The van der Waals surface area contributed by atoms with Crippen LogP contribution in [-0.4, -0.2) is 22.0 Å². The van der Waals surface area contributed by atoms with Gasteiger partial charge in [-0.3, -0.25) is 9.78 Å². The minimum atomic E-state index is -1.11. The lowest BCUT2D eigenvalue weighted by atomic mass is 10.2. The Labute approximate surface area is 127 Å². The topological polar surface area (TPSA) is 79.3 Å². The molecule has 0 saturated heterocycles. The van der Waals surface area contributed by atoms with Crippen LogP contribution in [0.3, 0.4) is 0 Å². The van der Waals surface area contributed by atoms with Gasteiger partial charge in [0.25, 0.3) is 5.91 Å². The molecule has 2 aromatic rings. The second kappa shape index (κ2) is 6.02. The number of rotatable bonds is 3. The normalized spacial score (nSPS) is 10.1. The van der Waals surface area contributed by atoms with E-state index in [0.29, 0.717) is 20.7 Å². The van der Waals surface area contributed by atoms with Crippen molar-refractivity contribution in [1.29, 1.82) is 0 Å². The van der Waals surface area contributed by atoms with Gasteiger partial charge in [0.05, 0.1) is 22.5 Å². The second-order valence-corrected chi connectivity index (χ2v) is 5.11. The van der Waals surface area contributed by atoms with Gasteiger partial charge in [-0.05, 0) is 40.2 Å². The Morgan fingerprint density at radius 3 is 2.60 bits per heavy atom. The van der Waals surface area contributed by atoms with Gasteiger partial charge in [-0.25, -0.2) is 4.79 Å². The molecule has 0 aliphatic carbocycles. The molecule has 0 aliphatic rings. The van der Waals surface area contributed by atoms with Gasteiger partial charge >= 0.3 is 5.97 Å². The Bertz CT molecular complexity index is 691. The Morgan fingerprint density at radius 1 is 1.20 bits per heavy atom. The van der Waals surface area contributed by atoms with E-state index in [1.165, 1.54) is 18.5 Å². The van der Waals surface area contributed by atoms with E-state index in [9.17, 15) is 9.59 Å². The number of hydrogen-bond acceptors (Lipinski definition) is 3. The van der Waals surface area contributed by atoms with Gasteiger partial charge in [0.1, 0.15) is 0 Å². The monoisotopic (exact) mass is 354 g/mol. The molecule has 0 bridgehead atoms. The standard InChI is InChI=1S/C13H8BrClN2O3/c14-10-4-7(1-2-11(10)15)12(18)17-9-3-8(13(19)20)5-16-6-9/h1-6H,(H,17,18)(H,19,20). The predicted octanol–water partition coefficient (Wildman–Crippen LogP) is 3.45. The molecule has 0 spiro atoms. The molecular formula is C13H8BrClN2O3. The molecule has 0 atom stereocenters.